The van der Waals surface area contributed by atoms with E-state index in [0.717, 1.165) is 27.0 Å². The Hall–Kier alpha value is -3.63. The van der Waals surface area contributed by atoms with E-state index in [2.05, 4.69) is 36.7 Å². The first-order valence-corrected chi connectivity index (χ1v) is 12.9. The van der Waals surface area contributed by atoms with Gasteiger partial charge in [-0.25, -0.2) is 5.43 Å². The van der Waals surface area contributed by atoms with Gasteiger partial charge in [-0.3, -0.25) is 9.36 Å². The number of hydrogen-bond acceptors (Lipinski definition) is 7. The molecule has 1 heterocycles. The van der Waals surface area contributed by atoms with Crippen LogP contribution in [0.5, 0.6) is 11.5 Å². The van der Waals surface area contributed by atoms with Crippen LogP contribution in [-0.4, -0.2) is 46.4 Å². The van der Waals surface area contributed by atoms with Crippen LogP contribution in [0.1, 0.15) is 12.5 Å². The third-order valence-corrected chi connectivity index (χ3v) is 6.41. The molecule has 0 saturated carbocycles. The van der Waals surface area contributed by atoms with Gasteiger partial charge in [-0.15, -0.1) is 10.2 Å². The Balaban J connectivity index is 1.50. The maximum atomic E-state index is 12.5. The lowest BCUT2D eigenvalue weighted by atomic mass is 10.2. The average Bonchev–Trinajstić information content (AvgIpc) is 3.33. The second-order valence-corrected chi connectivity index (χ2v) is 9.26. The van der Waals surface area contributed by atoms with Crippen LogP contribution in [0.2, 0.25) is 0 Å². The van der Waals surface area contributed by atoms with Crippen LogP contribution in [0, 0.1) is 0 Å². The first-order valence-electron chi connectivity index (χ1n) is 11.1. The van der Waals surface area contributed by atoms with Crippen LogP contribution in [0.3, 0.4) is 0 Å². The Morgan fingerprint density at radius 3 is 2.61 bits per heavy atom. The molecule has 0 atom stereocenters. The van der Waals surface area contributed by atoms with Crippen molar-refractivity contribution in [1.29, 1.82) is 0 Å². The lowest BCUT2D eigenvalue weighted by Crippen LogP contribution is -2.20. The van der Waals surface area contributed by atoms with Crippen molar-refractivity contribution >= 4 is 39.8 Å². The van der Waals surface area contributed by atoms with Gasteiger partial charge in [0.05, 0.1) is 25.7 Å². The molecular formula is C26H24BrN5O3S. The number of halogens is 1. The predicted octanol–water partition coefficient (Wildman–Crippen LogP) is 5.35. The topological polar surface area (TPSA) is 90.6 Å². The standard InChI is InChI=1S/C26H24BrN5O3S/c1-3-35-22-12-10-21(11-13-22)32-25(18-7-5-4-6-8-18)30-31-26(32)36-17-24(33)29-28-16-19-15-20(27)9-14-23(19)34-2/h4-16H,3,17H2,1-2H3,(H,29,33)/b28-16+. The molecule has 0 aliphatic rings. The molecule has 4 rings (SSSR count). The Morgan fingerprint density at radius 2 is 1.89 bits per heavy atom. The number of amides is 1. The molecule has 0 aliphatic carbocycles. The van der Waals surface area contributed by atoms with Gasteiger partial charge in [0.25, 0.3) is 5.91 Å². The van der Waals surface area contributed by atoms with Crippen molar-refractivity contribution in [1.82, 2.24) is 20.2 Å². The number of benzene rings is 3. The summed E-state index contributed by atoms with van der Waals surface area (Å²) in [7, 11) is 1.58. The molecule has 0 fully saturated rings. The van der Waals surface area contributed by atoms with Gasteiger partial charge in [0.15, 0.2) is 11.0 Å². The number of aromatic nitrogens is 3. The molecule has 0 aliphatic heterocycles. The molecule has 0 bridgehead atoms. The molecule has 184 valence electrons. The van der Waals surface area contributed by atoms with Crippen molar-refractivity contribution in [3.05, 3.63) is 82.8 Å². The van der Waals surface area contributed by atoms with Gasteiger partial charge < -0.3 is 9.47 Å². The molecule has 0 unspecified atom stereocenters. The fraction of sp³-hybridized carbons (Fsp3) is 0.154. The number of carbonyl (C=O) groups excluding carboxylic acids is 1. The van der Waals surface area contributed by atoms with Crippen LogP contribution >= 0.6 is 27.7 Å². The number of nitrogens with one attached hydrogen (secondary N) is 1. The van der Waals surface area contributed by atoms with Gasteiger partial charge in [-0.05, 0) is 49.4 Å². The summed E-state index contributed by atoms with van der Waals surface area (Å²) in [5, 5.41) is 13.4. The van der Waals surface area contributed by atoms with E-state index >= 15 is 0 Å². The smallest absolute Gasteiger partial charge is 0.250 e. The molecule has 1 amide bonds. The zero-order valence-corrected chi connectivity index (χ0v) is 22.1. The van der Waals surface area contributed by atoms with Gasteiger partial charge in [0.2, 0.25) is 0 Å². The highest BCUT2D eigenvalue weighted by atomic mass is 79.9. The number of nitrogens with zero attached hydrogens (tertiary/aromatic N) is 4. The average molecular weight is 566 g/mol. The number of ether oxygens (including phenoxy) is 2. The monoisotopic (exact) mass is 565 g/mol. The highest BCUT2D eigenvalue weighted by molar-refractivity contribution is 9.10. The van der Waals surface area contributed by atoms with E-state index in [9.17, 15) is 4.79 Å². The van der Waals surface area contributed by atoms with Gasteiger partial charge in [-0.2, -0.15) is 5.10 Å². The Bertz CT molecular complexity index is 1340. The minimum Gasteiger partial charge on any atom is -0.496 e. The van der Waals surface area contributed by atoms with Crippen LogP contribution in [0.4, 0.5) is 0 Å². The summed E-state index contributed by atoms with van der Waals surface area (Å²) in [6, 6.07) is 23.0. The zero-order valence-electron chi connectivity index (χ0n) is 19.7. The van der Waals surface area contributed by atoms with Crippen molar-refractivity contribution in [3.63, 3.8) is 0 Å². The second kappa shape index (κ2) is 12.4. The summed E-state index contributed by atoms with van der Waals surface area (Å²) in [4.78, 5) is 12.5. The zero-order chi connectivity index (χ0) is 25.3. The third kappa shape index (κ3) is 6.32. The number of rotatable bonds is 10. The molecule has 4 aromatic rings. The minimum absolute atomic E-state index is 0.108. The molecule has 3 aromatic carbocycles. The van der Waals surface area contributed by atoms with Gasteiger partial charge in [0, 0.05) is 21.3 Å². The summed E-state index contributed by atoms with van der Waals surface area (Å²) in [6.07, 6.45) is 1.54. The first-order chi connectivity index (χ1) is 17.6. The van der Waals surface area contributed by atoms with Crippen LogP contribution in [0.15, 0.2) is 87.5 Å². The number of carbonyl (C=O) groups is 1. The fourth-order valence-corrected chi connectivity index (χ4v) is 4.49. The molecule has 1 N–H and O–H groups in total. The van der Waals surface area contributed by atoms with Crippen molar-refractivity contribution in [2.24, 2.45) is 5.10 Å². The van der Waals surface area contributed by atoms with E-state index in [4.69, 9.17) is 9.47 Å². The molecule has 10 heteroatoms. The van der Waals surface area contributed by atoms with Gasteiger partial charge >= 0.3 is 0 Å². The van der Waals surface area contributed by atoms with Crippen molar-refractivity contribution in [3.8, 4) is 28.6 Å². The Kier molecular flexibility index (Phi) is 8.75. The van der Waals surface area contributed by atoms with Crippen LogP contribution < -0.4 is 14.9 Å². The first kappa shape index (κ1) is 25.5. The van der Waals surface area contributed by atoms with E-state index in [-0.39, 0.29) is 11.7 Å². The highest BCUT2D eigenvalue weighted by Crippen LogP contribution is 2.29. The largest absolute Gasteiger partial charge is 0.496 e. The summed E-state index contributed by atoms with van der Waals surface area (Å²) in [6.45, 7) is 2.54. The lowest BCUT2D eigenvalue weighted by molar-refractivity contribution is -0.118. The molecule has 36 heavy (non-hydrogen) atoms. The maximum Gasteiger partial charge on any atom is 0.250 e. The van der Waals surface area contributed by atoms with Crippen LogP contribution in [-0.2, 0) is 4.79 Å². The van der Waals surface area contributed by atoms with E-state index in [1.54, 1.807) is 13.3 Å². The predicted molar refractivity (Wildman–Crippen MR) is 145 cm³/mol. The molecule has 1 aromatic heterocycles. The quantitative estimate of drug-likeness (QED) is 0.158. The molecule has 0 saturated heterocycles. The summed E-state index contributed by atoms with van der Waals surface area (Å²) < 4.78 is 13.7. The van der Waals surface area contributed by atoms with Crippen molar-refractivity contribution in [2.75, 3.05) is 19.5 Å². The maximum absolute atomic E-state index is 12.5. The van der Waals surface area contributed by atoms with Gasteiger partial charge in [0.1, 0.15) is 11.5 Å². The molecule has 0 spiro atoms. The van der Waals surface area contributed by atoms with Crippen LogP contribution in [0.25, 0.3) is 17.1 Å². The van der Waals surface area contributed by atoms with E-state index < -0.39 is 0 Å². The third-order valence-electron chi connectivity index (χ3n) is 4.99. The Morgan fingerprint density at radius 1 is 1.11 bits per heavy atom. The number of thioether (sulfide) groups is 1. The summed E-state index contributed by atoms with van der Waals surface area (Å²) in [5.74, 6) is 1.96. The molecular weight excluding hydrogens is 542 g/mol. The van der Waals surface area contributed by atoms with E-state index in [1.807, 2.05) is 84.3 Å². The SMILES string of the molecule is CCOc1ccc(-n2c(SCC(=O)N/N=C/c3cc(Br)ccc3OC)nnc2-c2ccccc2)cc1. The Labute approximate surface area is 221 Å². The summed E-state index contributed by atoms with van der Waals surface area (Å²) >= 11 is 4.70. The normalized spacial score (nSPS) is 11.0. The summed E-state index contributed by atoms with van der Waals surface area (Å²) in [5.41, 5.74) is 5.08. The fourth-order valence-electron chi connectivity index (χ4n) is 3.37. The van der Waals surface area contributed by atoms with Gasteiger partial charge in [-0.1, -0.05) is 58.0 Å². The van der Waals surface area contributed by atoms with Crippen molar-refractivity contribution < 1.29 is 14.3 Å². The van der Waals surface area contributed by atoms with Crippen molar-refractivity contribution in [2.45, 2.75) is 12.1 Å². The molecule has 0 radical (unpaired) electrons. The number of hydrogen-bond donors (Lipinski definition) is 1. The minimum atomic E-state index is -0.271. The number of methoxy groups -OCH3 is 1. The lowest BCUT2D eigenvalue weighted by Gasteiger charge is -2.11. The molecule has 8 nitrogen and oxygen atoms in total. The highest BCUT2D eigenvalue weighted by Gasteiger charge is 2.17. The second-order valence-electron chi connectivity index (χ2n) is 7.40. The van der Waals surface area contributed by atoms with E-state index in [0.29, 0.717) is 23.3 Å². The van der Waals surface area contributed by atoms with E-state index in [1.165, 1.54) is 11.8 Å². The number of hydrazone groups is 1.